The molecule has 0 aromatic heterocycles. The zero-order chi connectivity index (χ0) is 15.1. The molecule has 8 heteroatoms. The molecule has 0 aromatic carbocycles. The van der Waals surface area contributed by atoms with Crippen LogP contribution in [0.15, 0.2) is 21.5 Å². The van der Waals surface area contributed by atoms with Gasteiger partial charge in [-0.05, 0) is 0 Å². The molecule has 0 unspecified atom stereocenters. The molecule has 19 heavy (non-hydrogen) atoms. The third-order valence-electron chi connectivity index (χ3n) is 2.16. The summed E-state index contributed by atoms with van der Waals surface area (Å²) in [6, 6.07) is 0. The molecule has 1 aliphatic rings. The minimum atomic E-state index is -3.44. The van der Waals surface area contributed by atoms with Gasteiger partial charge in [0.05, 0.1) is 0 Å². The van der Waals surface area contributed by atoms with Crippen molar-refractivity contribution in [2.45, 2.75) is 45.7 Å². The number of halogens is 3. The van der Waals surface area contributed by atoms with Gasteiger partial charge in [-0.3, -0.25) is 0 Å². The van der Waals surface area contributed by atoms with E-state index in [-0.39, 0.29) is 0 Å². The molecule has 0 fully saturated rings. The molecule has 0 saturated carbocycles. The standard InChI is InChI=1S/C11H21O2Si2.3ClH.Ti/c1-14(2,3)12-10-8-7-9-11(10)13-15(4,5)6;;;;/h8H,7H2,1-6H3;3*1H;/q;;;;+3/p-3. The Balaban J connectivity index is 3.11. The van der Waals surface area contributed by atoms with Gasteiger partial charge in [0.15, 0.2) is 0 Å². The van der Waals surface area contributed by atoms with E-state index in [1.54, 1.807) is 0 Å². The average Bonchev–Trinajstić information content (AvgIpc) is 2.41. The van der Waals surface area contributed by atoms with Crippen LogP contribution in [0.4, 0.5) is 0 Å². The second kappa shape index (κ2) is 6.07. The van der Waals surface area contributed by atoms with Gasteiger partial charge >= 0.3 is 134 Å². The topological polar surface area (TPSA) is 18.5 Å². The Bertz CT molecular complexity index is 417. The first-order valence-electron chi connectivity index (χ1n) is 6.18. The SMILES string of the molecule is C[Si](C)(C)OC1=CC[C]([Ti]([Cl])([Cl])[Cl])=C1O[Si](C)(C)C. The van der Waals surface area contributed by atoms with Crippen LogP contribution >= 0.6 is 27.9 Å². The van der Waals surface area contributed by atoms with Gasteiger partial charge in [0.25, 0.3) is 0 Å². The molecule has 0 spiro atoms. The van der Waals surface area contributed by atoms with Gasteiger partial charge in [-0.25, -0.2) is 0 Å². The molecule has 2 nitrogen and oxygen atoms in total. The van der Waals surface area contributed by atoms with Gasteiger partial charge in [-0.1, -0.05) is 0 Å². The van der Waals surface area contributed by atoms with Crippen LogP contribution in [0.3, 0.4) is 0 Å². The maximum absolute atomic E-state index is 6.22. The van der Waals surface area contributed by atoms with Crippen LogP contribution in [-0.4, -0.2) is 16.6 Å². The maximum atomic E-state index is 6.22. The Labute approximate surface area is 133 Å². The molecule has 0 N–H and O–H groups in total. The molecule has 0 saturated heterocycles. The van der Waals surface area contributed by atoms with E-state index in [0.717, 1.165) is 15.4 Å². The summed E-state index contributed by atoms with van der Waals surface area (Å²) >= 11 is -3.44. The summed E-state index contributed by atoms with van der Waals surface area (Å²) in [5.41, 5.74) is 0. The second-order valence-electron chi connectivity index (χ2n) is 6.51. The normalized spacial score (nSPS) is 17.6. The van der Waals surface area contributed by atoms with Crippen molar-refractivity contribution >= 4 is 44.5 Å². The van der Waals surface area contributed by atoms with Crippen molar-refractivity contribution in [2.24, 2.45) is 0 Å². The van der Waals surface area contributed by atoms with E-state index in [1.165, 1.54) is 0 Å². The number of hydrogen-bond donors (Lipinski definition) is 0. The molecular weight excluding hydrogens is 375 g/mol. The van der Waals surface area contributed by atoms with E-state index in [9.17, 15) is 0 Å². The molecule has 0 amide bonds. The Kier molecular flexibility index (Phi) is 5.80. The van der Waals surface area contributed by atoms with Crippen LogP contribution in [0.1, 0.15) is 6.42 Å². The molecule has 1 rings (SSSR count). The summed E-state index contributed by atoms with van der Waals surface area (Å²) in [5.74, 6) is 1.51. The fourth-order valence-electron chi connectivity index (χ4n) is 1.61. The summed E-state index contributed by atoms with van der Waals surface area (Å²) in [6.45, 7) is 12.8. The van der Waals surface area contributed by atoms with Gasteiger partial charge in [-0.2, -0.15) is 0 Å². The Morgan fingerprint density at radius 3 is 1.79 bits per heavy atom. The van der Waals surface area contributed by atoms with Crippen LogP contribution in [0.5, 0.6) is 0 Å². The van der Waals surface area contributed by atoms with Gasteiger partial charge in [0, 0.05) is 0 Å². The van der Waals surface area contributed by atoms with Gasteiger partial charge in [0.2, 0.25) is 0 Å². The average molecular weight is 396 g/mol. The summed E-state index contributed by atoms with van der Waals surface area (Å²) in [6.07, 6.45) is 2.65. The fraction of sp³-hybridized carbons (Fsp3) is 0.636. The van der Waals surface area contributed by atoms with E-state index in [0.29, 0.717) is 6.42 Å². The van der Waals surface area contributed by atoms with E-state index in [4.69, 9.17) is 36.8 Å². The van der Waals surface area contributed by atoms with Crippen LogP contribution in [-0.2, 0) is 22.3 Å². The Morgan fingerprint density at radius 1 is 0.947 bits per heavy atom. The second-order valence-corrected chi connectivity index (χ2v) is 27.3. The molecule has 1 aliphatic carbocycles. The first-order valence-corrected chi connectivity index (χ1v) is 20.2. The monoisotopic (exact) mass is 394 g/mol. The van der Waals surface area contributed by atoms with Crippen molar-refractivity contribution < 1.29 is 22.3 Å². The molecule has 0 aromatic rings. The van der Waals surface area contributed by atoms with Gasteiger partial charge in [-0.15, -0.1) is 0 Å². The first kappa shape index (κ1) is 18.1. The molecule has 0 aliphatic heterocycles. The van der Waals surface area contributed by atoms with Crippen molar-refractivity contribution in [3.05, 3.63) is 21.5 Å². The van der Waals surface area contributed by atoms with Crippen LogP contribution in [0.25, 0.3) is 0 Å². The van der Waals surface area contributed by atoms with Gasteiger partial charge < -0.3 is 0 Å². The third kappa shape index (κ3) is 6.16. The zero-order valence-corrected chi connectivity index (χ0v) is 18.1. The number of rotatable bonds is 5. The quantitative estimate of drug-likeness (QED) is 0.547. The van der Waals surface area contributed by atoms with Crippen molar-refractivity contribution in [1.29, 1.82) is 0 Å². The summed E-state index contributed by atoms with van der Waals surface area (Å²) in [5, 5.41) is 0. The molecule has 0 atom stereocenters. The zero-order valence-electron chi connectivity index (χ0n) is 12.2. The fourth-order valence-corrected chi connectivity index (χ4v) is 6.65. The van der Waals surface area contributed by atoms with E-state index < -0.39 is 30.0 Å². The molecule has 0 radical (unpaired) electrons. The van der Waals surface area contributed by atoms with Crippen LogP contribution in [0, 0.1) is 0 Å². The Morgan fingerprint density at radius 2 is 1.42 bits per heavy atom. The summed E-state index contributed by atoms with van der Waals surface area (Å²) in [7, 11) is 15.2. The predicted molar refractivity (Wildman–Crippen MR) is 86.1 cm³/mol. The number of hydrogen-bond acceptors (Lipinski definition) is 2. The van der Waals surface area contributed by atoms with Gasteiger partial charge in [0.1, 0.15) is 0 Å². The summed E-state index contributed by atoms with van der Waals surface area (Å²) in [4.78, 5) is 0. The van der Waals surface area contributed by atoms with Crippen molar-refractivity contribution in [3.63, 3.8) is 0 Å². The molecule has 0 bridgehead atoms. The van der Waals surface area contributed by atoms with E-state index in [1.807, 2.05) is 6.08 Å². The molecule has 0 heterocycles. The van der Waals surface area contributed by atoms with E-state index in [2.05, 4.69) is 39.3 Å². The number of allylic oxidation sites excluding steroid dienone is 2. The summed E-state index contributed by atoms with van der Waals surface area (Å²) < 4.78 is 13.1. The van der Waals surface area contributed by atoms with Crippen LogP contribution < -0.4 is 0 Å². The third-order valence-corrected chi connectivity index (χ3v) is 8.37. The molecular formula is C11H21Cl3O2Si2Ti. The first-order chi connectivity index (χ1) is 8.30. The van der Waals surface area contributed by atoms with E-state index >= 15 is 0 Å². The van der Waals surface area contributed by atoms with Crippen LogP contribution in [0.2, 0.25) is 39.3 Å². The predicted octanol–water partition coefficient (Wildman–Crippen LogP) is 5.80. The minimum absolute atomic E-state index is 0.649. The van der Waals surface area contributed by atoms with Crippen molar-refractivity contribution in [3.8, 4) is 0 Å². The molecule has 110 valence electrons. The van der Waals surface area contributed by atoms with Crippen molar-refractivity contribution in [2.75, 3.05) is 0 Å². The Hall–Kier alpha value is 1.10. The van der Waals surface area contributed by atoms with Crippen molar-refractivity contribution in [1.82, 2.24) is 0 Å².